The summed E-state index contributed by atoms with van der Waals surface area (Å²) in [6, 6.07) is 20.6. The van der Waals surface area contributed by atoms with Crippen LogP contribution in [0.15, 0.2) is 65.1 Å². The van der Waals surface area contributed by atoms with Gasteiger partial charge in [0.25, 0.3) is 0 Å². The number of hydrogen-bond donors (Lipinski definition) is 1. The average Bonchev–Trinajstić information content (AvgIpc) is 2.49. The maximum absolute atomic E-state index is 10.5. The van der Waals surface area contributed by atoms with Crippen molar-refractivity contribution in [1.29, 1.82) is 0 Å². The highest BCUT2D eigenvalue weighted by Crippen LogP contribution is 2.26. The molecule has 3 rings (SSSR count). The normalized spacial score (nSPS) is 12.5. The molecule has 2 heteroatoms. The van der Waals surface area contributed by atoms with E-state index in [0.717, 1.165) is 15.4 Å². The van der Waals surface area contributed by atoms with E-state index in [-0.39, 0.29) is 0 Å². The molecule has 1 atom stereocenters. The maximum Gasteiger partial charge on any atom is 0.0830 e. The summed E-state index contributed by atoms with van der Waals surface area (Å²) in [5.74, 6) is 0. The SMILES string of the molecule is Cc1ccccc1CC(O)c1ccc2cc(Br)ccc2c1. The quantitative estimate of drug-likeness (QED) is 0.695. The average molecular weight is 341 g/mol. The first-order valence-corrected chi connectivity index (χ1v) is 7.84. The van der Waals surface area contributed by atoms with Crippen molar-refractivity contribution >= 4 is 26.7 Å². The Morgan fingerprint density at radius 1 is 0.952 bits per heavy atom. The minimum atomic E-state index is -0.473. The van der Waals surface area contributed by atoms with Crippen molar-refractivity contribution in [3.63, 3.8) is 0 Å². The minimum Gasteiger partial charge on any atom is -0.388 e. The van der Waals surface area contributed by atoms with Gasteiger partial charge in [0.15, 0.2) is 0 Å². The van der Waals surface area contributed by atoms with E-state index in [1.807, 2.05) is 24.3 Å². The molecule has 0 heterocycles. The topological polar surface area (TPSA) is 20.2 Å². The van der Waals surface area contributed by atoms with Crippen LogP contribution in [0.1, 0.15) is 22.8 Å². The molecule has 0 bridgehead atoms. The fraction of sp³-hybridized carbons (Fsp3) is 0.158. The van der Waals surface area contributed by atoms with E-state index in [0.29, 0.717) is 6.42 Å². The van der Waals surface area contributed by atoms with Crippen molar-refractivity contribution in [1.82, 2.24) is 0 Å². The zero-order valence-electron chi connectivity index (χ0n) is 11.9. The Morgan fingerprint density at radius 3 is 2.48 bits per heavy atom. The number of benzene rings is 3. The van der Waals surface area contributed by atoms with Crippen LogP contribution in [0.25, 0.3) is 10.8 Å². The van der Waals surface area contributed by atoms with Gasteiger partial charge >= 0.3 is 0 Å². The van der Waals surface area contributed by atoms with Crippen LogP contribution in [0.2, 0.25) is 0 Å². The molecule has 21 heavy (non-hydrogen) atoms. The van der Waals surface area contributed by atoms with Gasteiger partial charge in [-0.3, -0.25) is 0 Å². The van der Waals surface area contributed by atoms with E-state index in [2.05, 4.69) is 59.3 Å². The Balaban J connectivity index is 1.89. The highest BCUT2D eigenvalue weighted by atomic mass is 79.9. The molecular weight excluding hydrogens is 324 g/mol. The number of aliphatic hydroxyl groups excluding tert-OH is 1. The van der Waals surface area contributed by atoms with E-state index in [9.17, 15) is 5.11 Å². The van der Waals surface area contributed by atoms with Gasteiger partial charge in [0.05, 0.1) is 6.10 Å². The summed E-state index contributed by atoms with van der Waals surface area (Å²) in [6.07, 6.45) is 0.175. The zero-order chi connectivity index (χ0) is 14.8. The molecule has 0 aliphatic rings. The third kappa shape index (κ3) is 3.17. The number of aryl methyl sites for hydroxylation is 1. The van der Waals surface area contributed by atoms with E-state index in [1.54, 1.807) is 0 Å². The van der Waals surface area contributed by atoms with E-state index in [4.69, 9.17) is 0 Å². The fourth-order valence-corrected chi connectivity index (χ4v) is 2.99. The molecule has 0 amide bonds. The zero-order valence-corrected chi connectivity index (χ0v) is 13.5. The van der Waals surface area contributed by atoms with Crippen molar-refractivity contribution in [2.45, 2.75) is 19.4 Å². The van der Waals surface area contributed by atoms with E-state index >= 15 is 0 Å². The van der Waals surface area contributed by atoms with Crippen molar-refractivity contribution in [3.05, 3.63) is 81.8 Å². The van der Waals surface area contributed by atoms with E-state index < -0.39 is 6.10 Å². The molecule has 0 saturated carbocycles. The molecule has 0 radical (unpaired) electrons. The number of rotatable bonds is 3. The van der Waals surface area contributed by atoms with Crippen LogP contribution < -0.4 is 0 Å². The highest BCUT2D eigenvalue weighted by molar-refractivity contribution is 9.10. The predicted octanol–water partition coefficient (Wildman–Crippen LogP) is 5.19. The monoisotopic (exact) mass is 340 g/mol. The van der Waals surface area contributed by atoms with Crippen LogP contribution >= 0.6 is 15.9 Å². The number of aliphatic hydroxyl groups is 1. The Hall–Kier alpha value is -1.64. The van der Waals surface area contributed by atoms with Gasteiger partial charge in [-0.2, -0.15) is 0 Å². The molecule has 0 spiro atoms. The third-order valence-corrected chi connectivity index (χ3v) is 4.38. The summed E-state index contributed by atoms with van der Waals surface area (Å²) in [7, 11) is 0. The lowest BCUT2D eigenvalue weighted by atomic mass is 9.96. The molecule has 1 N–H and O–H groups in total. The second-order valence-electron chi connectivity index (χ2n) is 5.40. The van der Waals surface area contributed by atoms with Crippen molar-refractivity contribution in [2.24, 2.45) is 0 Å². The summed E-state index contributed by atoms with van der Waals surface area (Å²) in [5, 5.41) is 12.8. The van der Waals surface area contributed by atoms with Gasteiger partial charge in [-0.05, 0) is 52.6 Å². The van der Waals surface area contributed by atoms with Crippen LogP contribution in [0.5, 0.6) is 0 Å². The van der Waals surface area contributed by atoms with Crippen molar-refractivity contribution in [3.8, 4) is 0 Å². The summed E-state index contributed by atoms with van der Waals surface area (Å²) in [4.78, 5) is 0. The highest BCUT2D eigenvalue weighted by Gasteiger charge is 2.10. The number of halogens is 1. The second kappa shape index (κ2) is 6.00. The second-order valence-corrected chi connectivity index (χ2v) is 6.31. The number of hydrogen-bond acceptors (Lipinski definition) is 1. The van der Waals surface area contributed by atoms with Crippen LogP contribution in [0.4, 0.5) is 0 Å². The molecular formula is C19H17BrO. The van der Waals surface area contributed by atoms with Gasteiger partial charge in [-0.25, -0.2) is 0 Å². The first-order valence-electron chi connectivity index (χ1n) is 7.05. The maximum atomic E-state index is 10.5. The molecule has 0 aliphatic heterocycles. The smallest absolute Gasteiger partial charge is 0.0830 e. The Kier molecular flexibility index (Phi) is 4.09. The van der Waals surface area contributed by atoms with Crippen LogP contribution in [-0.4, -0.2) is 5.11 Å². The van der Waals surface area contributed by atoms with Crippen LogP contribution in [0.3, 0.4) is 0 Å². The van der Waals surface area contributed by atoms with Crippen molar-refractivity contribution in [2.75, 3.05) is 0 Å². The first kappa shape index (κ1) is 14.3. The third-order valence-electron chi connectivity index (χ3n) is 3.89. The lowest BCUT2D eigenvalue weighted by Gasteiger charge is -2.14. The largest absolute Gasteiger partial charge is 0.388 e. The minimum absolute atomic E-state index is 0.473. The Morgan fingerprint density at radius 2 is 1.67 bits per heavy atom. The molecule has 1 nitrogen and oxygen atoms in total. The van der Waals surface area contributed by atoms with Gasteiger partial charge < -0.3 is 5.11 Å². The van der Waals surface area contributed by atoms with Gasteiger partial charge in [0.1, 0.15) is 0 Å². The molecule has 0 aromatic heterocycles. The molecule has 3 aromatic carbocycles. The Bertz CT molecular complexity index is 779. The fourth-order valence-electron chi connectivity index (χ4n) is 2.61. The number of fused-ring (bicyclic) bond motifs is 1. The summed E-state index contributed by atoms with van der Waals surface area (Å²) >= 11 is 3.48. The lowest BCUT2D eigenvalue weighted by Crippen LogP contribution is -2.03. The summed E-state index contributed by atoms with van der Waals surface area (Å²) in [5.41, 5.74) is 3.38. The molecule has 3 aromatic rings. The van der Waals surface area contributed by atoms with Gasteiger partial charge in [-0.15, -0.1) is 0 Å². The lowest BCUT2D eigenvalue weighted by molar-refractivity contribution is 0.178. The standard InChI is InChI=1S/C19H17BrO/c1-13-4-2-3-5-14(13)12-19(21)17-7-6-16-11-18(20)9-8-15(16)10-17/h2-11,19,21H,12H2,1H3. The Labute approximate surface area is 133 Å². The van der Waals surface area contributed by atoms with Gasteiger partial charge in [0, 0.05) is 10.9 Å². The van der Waals surface area contributed by atoms with Crippen molar-refractivity contribution < 1.29 is 5.11 Å². The molecule has 106 valence electrons. The van der Waals surface area contributed by atoms with E-state index in [1.165, 1.54) is 16.5 Å². The predicted molar refractivity (Wildman–Crippen MR) is 91.5 cm³/mol. The molecule has 1 unspecified atom stereocenters. The molecule has 0 fully saturated rings. The summed E-state index contributed by atoms with van der Waals surface area (Å²) in [6.45, 7) is 2.08. The summed E-state index contributed by atoms with van der Waals surface area (Å²) < 4.78 is 1.07. The van der Waals surface area contributed by atoms with Gasteiger partial charge in [-0.1, -0.05) is 58.4 Å². The first-order chi connectivity index (χ1) is 10.1. The van der Waals surface area contributed by atoms with Crippen LogP contribution in [0, 0.1) is 6.92 Å². The van der Waals surface area contributed by atoms with Crippen LogP contribution in [-0.2, 0) is 6.42 Å². The molecule has 0 aliphatic carbocycles. The van der Waals surface area contributed by atoms with Gasteiger partial charge in [0.2, 0.25) is 0 Å². The molecule has 0 saturated heterocycles.